The first-order valence-corrected chi connectivity index (χ1v) is 8.58. The fourth-order valence-corrected chi connectivity index (χ4v) is 2.31. The summed E-state index contributed by atoms with van der Waals surface area (Å²) in [5.74, 6) is -2.66. The Morgan fingerprint density at radius 1 is 0.806 bits per heavy atom. The van der Waals surface area contributed by atoms with Gasteiger partial charge in [-0.2, -0.15) is 0 Å². The van der Waals surface area contributed by atoms with Crippen molar-refractivity contribution in [3.8, 4) is 23.0 Å². The number of aliphatic hydroxyl groups is 2. The normalized spacial score (nSPS) is 11.7. The molecule has 0 aliphatic carbocycles. The van der Waals surface area contributed by atoms with Crippen LogP contribution < -0.4 is 19.7 Å². The Labute approximate surface area is 208 Å². The van der Waals surface area contributed by atoms with Crippen LogP contribution >= 0.6 is 0 Å². The number of phenolic OH excluding ortho intramolecular Hbond substituents is 2. The van der Waals surface area contributed by atoms with E-state index in [1.807, 2.05) is 0 Å². The van der Waals surface area contributed by atoms with Crippen LogP contribution in [0.2, 0.25) is 0 Å². The van der Waals surface area contributed by atoms with Crippen LogP contribution in [0.15, 0.2) is 36.4 Å². The molecule has 0 saturated carbocycles. The molecule has 2 unspecified atom stereocenters. The third kappa shape index (κ3) is 9.62. The zero-order chi connectivity index (χ0) is 22.8. The van der Waals surface area contributed by atoms with E-state index in [9.17, 15) is 30.0 Å². The van der Waals surface area contributed by atoms with E-state index in [1.54, 1.807) is 0 Å². The van der Waals surface area contributed by atoms with Crippen molar-refractivity contribution >= 4 is 49.7 Å². The number of methoxy groups -OCH3 is 2. The van der Waals surface area contributed by atoms with Gasteiger partial charge in [0.2, 0.25) is 0 Å². The molecule has 164 valence electrons. The third-order valence-electron chi connectivity index (χ3n) is 3.89. The minimum Gasteiger partial charge on any atom is -0.547 e. The molecule has 2 rings (SSSR count). The zero-order valence-electron chi connectivity index (χ0n) is 17.0. The number of phenols is 2. The maximum Gasteiger partial charge on any atom is 2.00 e. The summed E-state index contributed by atoms with van der Waals surface area (Å²) >= 11 is 0. The monoisotopic (exact) mass is 462 g/mol. The van der Waals surface area contributed by atoms with E-state index in [4.69, 9.17) is 19.7 Å². The first-order valence-electron chi connectivity index (χ1n) is 8.58. The summed E-state index contributed by atoms with van der Waals surface area (Å²) in [6.07, 6.45) is -3.28. The van der Waals surface area contributed by atoms with Gasteiger partial charge in [-0.25, -0.2) is 0 Å². The van der Waals surface area contributed by atoms with Gasteiger partial charge in [-0.05, 0) is 35.4 Å². The van der Waals surface area contributed by atoms with Crippen molar-refractivity contribution in [2.24, 2.45) is 0 Å². The zero-order valence-corrected chi connectivity index (χ0v) is 19.2. The van der Waals surface area contributed by atoms with Gasteiger partial charge >= 0.3 is 37.7 Å². The molecule has 0 fully saturated rings. The van der Waals surface area contributed by atoms with Crippen LogP contribution in [0.1, 0.15) is 11.1 Å². The fourth-order valence-electron chi connectivity index (χ4n) is 2.31. The number of carboxylic acids is 2. The molecule has 0 aliphatic heterocycles. The van der Waals surface area contributed by atoms with Gasteiger partial charge in [0, 0.05) is 12.8 Å². The molecule has 0 bridgehead atoms. The summed E-state index contributed by atoms with van der Waals surface area (Å²) in [4.78, 5) is 20.6. The number of carboxylic acid groups (broad SMARTS) is 2. The topological polar surface area (TPSA) is 180 Å². The average molecular weight is 462 g/mol. The van der Waals surface area contributed by atoms with E-state index in [2.05, 4.69) is 0 Å². The van der Waals surface area contributed by atoms with Crippen molar-refractivity contribution in [1.29, 1.82) is 0 Å². The molecule has 0 aliphatic rings. The van der Waals surface area contributed by atoms with Crippen molar-refractivity contribution in [3.63, 3.8) is 0 Å². The van der Waals surface area contributed by atoms with Crippen LogP contribution in [-0.2, 0) is 22.4 Å². The van der Waals surface area contributed by atoms with E-state index in [0.717, 1.165) is 0 Å². The standard InChI is InChI=1S/2C10H12O5.Ca/c2*1-15-9-5-6(2-3-7(9)11)4-8(12)10(13)14;/h2*2-3,5,8,11-12H,4H2,1H3,(H,13,14);/q;;+2/p-2. The maximum atomic E-state index is 10.3. The van der Waals surface area contributed by atoms with Gasteiger partial charge in [0.25, 0.3) is 0 Å². The van der Waals surface area contributed by atoms with E-state index in [1.165, 1.54) is 50.6 Å². The average Bonchev–Trinajstić information content (AvgIpc) is 2.71. The van der Waals surface area contributed by atoms with Gasteiger partial charge in [0.1, 0.15) is 0 Å². The molecule has 10 nitrogen and oxygen atoms in total. The van der Waals surface area contributed by atoms with E-state index < -0.39 is 24.1 Å². The third-order valence-corrected chi connectivity index (χ3v) is 3.89. The van der Waals surface area contributed by atoms with Crippen LogP contribution in [-0.4, -0.2) is 96.5 Å². The largest absolute Gasteiger partial charge is 2.00 e. The van der Waals surface area contributed by atoms with Gasteiger partial charge in [0.15, 0.2) is 23.0 Å². The molecule has 0 amide bonds. The second-order valence-corrected chi connectivity index (χ2v) is 6.09. The number of carbonyl (C=O) groups excluding carboxylic acids is 2. The quantitative estimate of drug-likeness (QED) is 0.312. The summed E-state index contributed by atoms with van der Waals surface area (Å²) in [5, 5.41) is 57.2. The van der Waals surface area contributed by atoms with E-state index >= 15 is 0 Å². The number of aromatic hydroxyl groups is 2. The molecular formula is C20H22CaO10. The molecule has 31 heavy (non-hydrogen) atoms. The smallest absolute Gasteiger partial charge is 0.547 e. The maximum absolute atomic E-state index is 10.3. The summed E-state index contributed by atoms with van der Waals surface area (Å²) in [5.41, 5.74) is 1.09. The summed E-state index contributed by atoms with van der Waals surface area (Å²) in [6, 6.07) is 8.67. The first kappa shape index (κ1) is 28.8. The Bertz CT molecular complexity index is 800. The van der Waals surface area contributed by atoms with Crippen molar-refractivity contribution in [1.82, 2.24) is 0 Å². The summed E-state index contributed by atoms with van der Waals surface area (Å²) in [6.45, 7) is 0. The van der Waals surface area contributed by atoms with Crippen molar-refractivity contribution in [3.05, 3.63) is 47.5 Å². The van der Waals surface area contributed by atoms with Crippen LogP contribution in [0.4, 0.5) is 0 Å². The number of carbonyl (C=O) groups is 2. The Hall–Kier alpha value is -2.24. The Morgan fingerprint density at radius 2 is 1.13 bits per heavy atom. The van der Waals surface area contributed by atoms with E-state index in [-0.39, 0.29) is 73.6 Å². The van der Waals surface area contributed by atoms with Gasteiger partial charge < -0.3 is 49.7 Å². The summed E-state index contributed by atoms with van der Waals surface area (Å²) in [7, 11) is 2.77. The molecule has 2 aromatic rings. The molecule has 4 N–H and O–H groups in total. The SMILES string of the molecule is COc1cc(CC(O)C(=O)[O-])ccc1O.COc1cc(CC(O)C(=O)[O-])ccc1O.[Ca+2]. The number of ether oxygens (including phenoxy) is 2. The molecule has 2 atom stereocenters. The van der Waals surface area contributed by atoms with Gasteiger partial charge in [-0.1, -0.05) is 12.1 Å². The molecule has 0 radical (unpaired) electrons. The molecule has 0 aromatic heterocycles. The van der Waals surface area contributed by atoms with E-state index in [0.29, 0.717) is 11.1 Å². The van der Waals surface area contributed by atoms with Crippen molar-refractivity contribution in [2.45, 2.75) is 25.0 Å². The van der Waals surface area contributed by atoms with Crippen LogP contribution in [0.5, 0.6) is 23.0 Å². The minimum atomic E-state index is -1.56. The predicted octanol–water partition coefficient (Wildman–Crippen LogP) is -2.27. The Balaban J connectivity index is 0.000000562. The van der Waals surface area contributed by atoms with Crippen LogP contribution in [0, 0.1) is 0 Å². The van der Waals surface area contributed by atoms with Gasteiger partial charge in [-0.3, -0.25) is 0 Å². The number of aliphatic hydroxyl groups excluding tert-OH is 2. The van der Waals surface area contributed by atoms with Gasteiger partial charge in [0.05, 0.1) is 38.4 Å². The van der Waals surface area contributed by atoms with Crippen LogP contribution in [0.25, 0.3) is 0 Å². The number of aliphatic carboxylic acids is 2. The number of hydrogen-bond acceptors (Lipinski definition) is 10. The van der Waals surface area contributed by atoms with Crippen LogP contribution in [0.3, 0.4) is 0 Å². The molecule has 0 saturated heterocycles. The Morgan fingerprint density at radius 3 is 1.39 bits per heavy atom. The van der Waals surface area contributed by atoms with Crippen molar-refractivity contribution in [2.75, 3.05) is 14.2 Å². The summed E-state index contributed by atoms with van der Waals surface area (Å²) < 4.78 is 9.67. The molecule has 11 heteroatoms. The fraction of sp³-hybridized carbons (Fsp3) is 0.300. The van der Waals surface area contributed by atoms with Crippen molar-refractivity contribution < 1.29 is 49.7 Å². The number of hydrogen-bond donors (Lipinski definition) is 4. The number of benzene rings is 2. The predicted molar refractivity (Wildman–Crippen MR) is 105 cm³/mol. The second kappa shape index (κ2) is 13.9. The number of rotatable bonds is 8. The molecule has 0 spiro atoms. The second-order valence-electron chi connectivity index (χ2n) is 6.09. The Kier molecular flexibility index (Phi) is 12.9. The molecular weight excluding hydrogens is 440 g/mol. The minimum absolute atomic E-state index is 0. The first-order chi connectivity index (χ1) is 14.1. The molecule has 2 aromatic carbocycles. The van der Waals surface area contributed by atoms with Gasteiger partial charge in [-0.15, -0.1) is 0 Å². The molecule has 0 heterocycles.